The first kappa shape index (κ1) is 21.8. The number of benzene rings is 2. The van der Waals surface area contributed by atoms with Crippen LogP contribution in [0.2, 0.25) is 5.02 Å². The lowest BCUT2D eigenvalue weighted by Gasteiger charge is -2.13. The number of rotatable bonds is 7. The van der Waals surface area contributed by atoms with Gasteiger partial charge in [0.1, 0.15) is 11.5 Å². The summed E-state index contributed by atoms with van der Waals surface area (Å²) in [6.45, 7) is 1.79. The first-order chi connectivity index (χ1) is 14.2. The van der Waals surface area contributed by atoms with Crippen LogP contribution in [0.15, 0.2) is 40.7 Å². The number of carbonyl (C=O) groups excluding carboxylic acids is 1. The lowest BCUT2D eigenvalue weighted by Crippen LogP contribution is -2.13. The molecule has 9 nitrogen and oxygen atoms in total. The summed E-state index contributed by atoms with van der Waals surface area (Å²) < 4.78 is 37.8. The zero-order chi connectivity index (χ0) is 21.9. The van der Waals surface area contributed by atoms with Crippen LogP contribution in [0.3, 0.4) is 0 Å². The molecule has 0 saturated carbocycles. The van der Waals surface area contributed by atoms with E-state index in [9.17, 15) is 13.2 Å². The summed E-state index contributed by atoms with van der Waals surface area (Å²) >= 11 is 6.75. The lowest BCUT2D eigenvalue weighted by molar-refractivity contribution is 0.102. The molecule has 0 saturated heterocycles. The van der Waals surface area contributed by atoms with E-state index in [1.165, 1.54) is 26.4 Å². The Kier molecular flexibility index (Phi) is 6.44. The molecule has 0 radical (unpaired) electrons. The standard InChI is InChI=1S/C18H17ClN4O5S2/c1-10-6-4-5-7-11(10)16(24)20-17-21-22-18(29-17)30(25,26)23-13-9-14(27-2)12(19)8-15(13)28-3/h4-9,23H,1-3H3,(H,20,21,24). The van der Waals surface area contributed by atoms with E-state index < -0.39 is 15.9 Å². The van der Waals surface area contributed by atoms with E-state index in [0.717, 1.165) is 5.56 Å². The van der Waals surface area contributed by atoms with Crippen molar-refractivity contribution in [3.63, 3.8) is 0 Å². The Morgan fingerprint density at radius 1 is 1.10 bits per heavy atom. The third-order valence-corrected chi connectivity index (χ3v) is 6.83. The number of aromatic nitrogens is 2. The maximum absolute atomic E-state index is 12.7. The molecule has 158 valence electrons. The molecule has 0 spiro atoms. The van der Waals surface area contributed by atoms with Crippen LogP contribution in [0.4, 0.5) is 10.8 Å². The monoisotopic (exact) mass is 468 g/mol. The molecule has 0 aliphatic carbocycles. The van der Waals surface area contributed by atoms with Gasteiger partial charge in [-0.05, 0) is 18.6 Å². The molecule has 12 heteroatoms. The van der Waals surface area contributed by atoms with Crippen LogP contribution < -0.4 is 19.5 Å². The van der Waals surface area contributed by atoms with Gasteiger partial charge in [-0.2, -0.15) is 8.42 Å². The maximum Gasteiger partial charge on any atom is 0.291 e. The molecule has 30 heavy (non-hydrogen) atoms. The van der Waals surface area contributed by atoms with Crippen molar-refractivity contribution in [2.24, 2.45) is 0 Å². The minimum Gasteiger partial charge on any atom is -0.495 e. The molecule has 0 atom stereocenters. The van der Waals surface area contributed by atoms with Crippen molar-refractivity contribution in [2.75, 3.05) is 24.3 Å². The second kappa shape index (κ2) is 8.86. The third-order valence-electron chi connectivity index (χ3n) is 3.96. The molecule has 1 amide bonds. The zero-order valence-corrected chi connectivity index (χ0v) is 18.5. The first-order valence-corrected chi connectivity index (χ1v) is 11.1. The van der Waals surface area contributed by atoms with Gasteiger partial charge in [0.15, 0.2) is 0 Å². The number of carbonyl (C=O) groups is 1. The number of nitrogens with one attached hydrogen (secondary N) is 2. The van der Waals surface area contributed by atoms with E-state index in [1.54, 1.807) is 25.1 Å². The fraction of sp³-hybridized carbons (Fsp3) is 0.167. The Hall–Kier alpha value is -2.89. The molecule has 0 unspecified atom stereocenters. The predicted octanol–water partition coefficient (Wildman–Crippen LogP) is 3.57. The minimum absolute atomic E-state index is 0.0456. The van der Waals surface area contributed by atoms with Crippen molar-refractivity contribution in [1.82, 2.24) is 10.2 Å². The van der Waals surface area contributed by atoms with Crippen LogP contribution >= 0.6 is 22.9 Å². The summed E-state index contributed by atoms with van der Waals surface area (Å²) in [6.07, 6.45) is 0. The molecule has 0 bridgehead atoms. The van der Waals surface area contributed by atoms with Crippen LogP contribution in [0, 0.1) is 6.92 Å². The van der Waals surface area contributed by atoms with Gasteiger partial charge in [0, 0.05) is 17.7 Å². The van der Waals surface area contributed by atoms with Crippen LogP contribution in [-0.2, 0) is 10.0 Å². The number of anilines is 2. The first-order valence-electron chi connectivity index (χ1n) is 8.40. The molecule has 2 N–H and O–H groups in total. The normalized spacial score (nSPS) is 11.1. The Morgan fingerprint density at radius 3 is 2.47 bits per heavy atom. The van der Waals surface area contributed by atoms with Crippen LogP contribution in [0.25, 0.3) is 0 Å². The SMILES string of the molecule is COc1cc(NS(=O)(=O)c2nnc(NC(=O)c3ccccc3C)s2)c(OC)cc1Cl. The largest absolute Gasteiger partial charge is 0.495 e. The summed E-state index contributed by atoms with van der Waals surface area (Å²) in [5, 5.41) is 10.3. The quantitative estimate of drug-likeness (QED) is 0.508. The predicted molar refractivity (Wildman–Crippen MR) is 114 cm³/mol. The fourth-order valence-corrected chi connectivity index (χ4v) is 4.68. The number of methoxy groups -OCH3 is 2. The smallest absolute Gasteiger partial charge is 0.291 e. The molecule has 1 heterocycles. The van der Waals surface area contributed by atoms with E-state index in [1.807, 2.05) is 6.07 Å². The van der Waals surface area contributed by atoms with Gasteiger partial charge in [0.25, 0.3) is 20.3 Å². The van der Waals surface area contributed by atoms with E-state index in [4.69, 9.17) is 21.1 Å². The van der Waals surface area contributed by atoms with E-state index >= 15 is 0 Å². The number of ether oxygens (including phenoxy) is 2. The average Bonchev–Trinajstić information content (AvgIpc) is 3.18. The summed E-state index contributed by atoms with van der Waals surface area (Å²) in [5.74, 6) is 0.0471. The molecule has 1 aromatic heterocycles. The third kappa shape index (κ3) is 4.64. The number of aryl methyl sites for hydroxylation is 1. The van der Waals surface area contributed by atoms with Gasteiger partial charge in [-0.25, -0.2) is 0 Å². The highest BCUT2D eigenvalue weighted by Gasteiger charge is 2.24. The van der Waals surface area contributed by atoms with Crippen molar-refractivity contribution >= 4 is 49.7 Å². The topological polar surface area (TPSA) is 120 Å². The van der Waals surface area contributed by atoms with E-state index in [-0.39, 0.29) is 31.7 Å². The number of hydrogen-bond donors (Lipinski definition) is 2. The molecule has 2 aromatic carbocycles. The second-order valence-corrected chi connectivity index (χ2v) is 9.18. The molecule has 3 rings (SSSR count). The zero-order valence-electron chi connectivity index (χ0n) is 16.1. The number of halogens is 1. The Labute approximate surface area is 182 Å². The maximum atomic E-state index is 12.7. The van der Waals surface area contributed by atoms with Crippen LogP contribution in [0.1, 0.15) is 15.9 Å². The Morgan fingerprint density at radius 2 is 1.80 bits per heavy atom. The second-order valence-electron chi connectivity index (χ2n) is 5.93. The van der Waals surface area contributed by atoms with Gasteiger partial charge in [0.05, 0.1) is 24.9 Å². The Bertz CT molecular complexity index is 1200. The number of hydrogen-bond acceptors (Lipinski definition) is 8. The van der Waals surface area contributed by atoms with E-state index in [2.05, 4.69) is 20.2 Å². The molecule has 3 aromatic rings. The molecule has 0 aliphatic rings. The lowest BCUT2D eigenvalue weighted by atomic mass is 10.1. The highest BCUT2D eigenvalue weighted by molar-refractivity contribution is 7.94. The number of sulfonamides is 1. The van der Waals surface area contributed by atoms with Gasteiger partial charge in [-0.15, -0.1) is 10.2 Å². The van der Waals surface area contributed by atoms with Crippen molar-refractivity contribution < 1.29 is 22.7 Å². The highest BCUT2D eigenvalue weighted by Crippen LogP contribution is 2.37. The van der Waals surface area contributed by atoms with Crippen molar-refractivity contribution in [3.8, 4) is 11.5 Å². The van der Waals surface area contributed by atoms with Gasteiger partial charge >= 0.3 is 0 Å². The molecule has 0 aliphatic heterocycles. The van der Waals surface area contributed by atoms with Crippen molar-refractivity contribution in [2.45, 2.75) is 11.3 Å². The fourth-order valence-electron chi connectivity index (χ4n) is 2.49. The molecular formula is C18H17ClN4O5S2. The number of nitrogens with zero attached hydrogens (tertiary/aromatic N) is 2. The highest BCUT2D eigenvalue weighted by atomic mass is 35.5. The molecular weight excluding hydrogens is 452 g/mol. The van der Waals surface area contributed by atoms with E-state index in [0.29, 0.717) is 16.9 Å². The van der Waals surface area contributed by atoms with Gasteiger partial charge in [-0.3, -0.25) is 14.8 Å². The molecule has 0 fully saturated rings. The number of amides is 1. The summed E-state index contributed by atoms with van der Waals surface area (Å²) in [4.78, 5) is 12.4. The van der Waals surface area contributed by atoms with Gasteiger partial charge in [-0.1, -0.05) is 41.1 Å². The van der Waals surface area contributed by atoms with Crippen molar-refractivity contribution in [3.05, 3.63) is 52.5 Å². The van der Waals surface area contributed by atoms with Gasteiger partial charge in [0.2, 0.25) is 5.13 Å². The summed E-state index contributed by atoms with van der Waals surface area (Å²) in [6, 6.07) is 9.81. The van der Waals surface area contributed by atoms with Crippen LogP contribution in [-0.4, -0.2) is 38.7 Å². The minimum atomic E-state index is -4.11. The summed E-state index contributed by atoms with van der Waals surface area (Å²) in [5.41, 5.74) is 1.34. The van der Waals surface area contributed by atoms with Crippen molar-refractivity contribution in [1.29, 1.82) is 0 Å². The van der Waals surface area contributed by atoms with Crippen LogP contribution in [0.5, 0.6) is 11.5 Å². The Balaban J connectivity index is 1.83. The van der Waals surface area contributed by atoms with Gasteiger partial charge < -0.3 is 9.47 Å². The average molecular weight is 469 g/mol. The summed E-state index contributed by atoms with van der Waals surface area (Å²) in [7, 11) is -1.33.